The number of hydrogen-bond donors (Lipinski definition) is 0. The molecule has 0 radical (unpaired) electrons. The number of rotatable bonds is 3. The summed E-state index contributed by atoms with van der Waals surface area (Å²) < 4.78 is 11.7. The van der Waals surface area contributed by atoms with Crippen molar-refractivity contribution in [2.45, 2.75) is 64.1 Å². The number of para-hydroxylation sites is 1. The molecule has 1 aliphatic rings. The molecule has 1 fully saturated rings. The van der Waals surface area contributed by atoms with E-state index in [0.717, 1.165) is 25.0 Å². The van der Waals surface area contributed by atoms with Crippen LogP contribution in [0.5, 0.6) is 5.75 Å². The highest BCUT2D eigenvalue weighted by Crippen LogP contribution is 2.33. The van der Waals surface area contributed by atoms with E-state index >= 15 is 0 Å². The lowest BCUT2D eigenvalue weighted by Crippen LogP contribution is -2.30. The molecule has 2 nitrogen and oxygen atoms in total. The summed E-state index contributed by atoms with van der Waals surface area (Å²) in [6, 6.07) is 8.41. The first kappa shape index (κ1) is 14.4. The predicted octanol–water partition coefficient (Wildman–Crippen LogP) is 4.32. The molecule has 19 heavy (non-hydrogen) atoms. The lowest BCUT2D eigenvalue weighted by Gasteiger charge is -2.31. The summed E-state index contributed by atoms with van der Waals surface area (Å²) in [5.74, 6) is 1.04. The Hall–Kier alpha value is -1.02. The van der Waals surface area contributed by atoms with Gasteiger partial charge in [-0.2, -0.15) is 0 Å². The predicted molar refractivity (Wildman–Crippen MR) is 78.8 cm³/mol. The Morgan fingerprint density at radius 1 is 1.05 bits per heavy atom. The van der Waals surface area contributed by atoms with E-state index in [1.807, 2.05) is 0 Å². The van der Waals surface area contributed by atoms with Gasteiger partial charge in [0.1, 0.15) is 11.9 Å². The van der Waals surface area contributed by atoms with Crippen molar-refractivity contribution in [1.82, 2.24) is 0 Å². The van der Waals surface area contributed by atoms with Crippen molar-refractivity contribution in [3.63, 3.8) is 0 Å². The van der Waals surface area contributed by atoms with Crippen molar-refractivity contribution >= 4 is 0 Å². The van der Waals surface area contributed by atoms with Crippen LogP contribution in [0.25, 0.3) is 0 Å². The van der Waals surface area contributed by atoms with Crippen LogP contribution in [0.2, 0.25) is 0 Å². The second-order valence-corrected chi connectivity index (χ2v) is 6.51. The largest absolute Gasteiger partial charge is 0.490 e. The molecule has 1 aliphatic carbocycles. The van der Waals surface area contributed by atoms with Gasteiger partial charge < -0.3 is 9.47 Å². The summed E-state index contributed by atoms with van der Waals surface area (Å²) in [7, 11) is 1.80. The molecule has 0 spiro atoms. The minimum atomic E-state index is 0.117. The second-order valence-electron chi connectivity index (χ2n) is 6.51. The molecule has 0 bridgehead atoms. The van der Waals surface area contributed by atoms with Gasteiger partial charge in [-0.05, 0) is 36.3 Å². The number of hydrogen-bond acceptors (Lipinski definition) is 2. The van der Waals surface area contributed by atoms with Crippen molar-refractivity contribution in [2.75, 3.05) is 7.11 Å². The summed E-state index contributed by atoms with van der Waals surface area (Å²) in [4.78, 5) is 0. The Kier molecular flexibility index (Phi) is 4.51. The molecule has 1 aromatic carbocycles. The van der Waals surface area contributed by atoms with Crippen LogP contribution in [0.3, 0.4) is 0 Å². The fraction of sp³-hybridized carbons (Fsp3) is 0.647. The quantitative estimate of drug-likeness (QED) is 0.807. The second kappa shape index (κ2) is 5.96. The van der Waals surface area contributed by atoms with Crippen molar-refractivity contribution in [1.29, 1.82) is 0 Å². The Balaban J connectivity index is 2.11. The molecule has 0 aromatic heterocycles. The van der Waals surface area contributed by atoms with Gasteiger partial charge in [0.05, 0.1) is 6.10 Å². The lowest BCUT2D eigenvalue weighted by molar-refractivity contribution is 0.0204. The van der Waals surface area contributed by atoms with Crippen LogP contribution in [0.15, 0.2) is 24.3 Å². The average molecular weight is 262 g/mol. The number of ether oxygens (including phenoxy) is 2. The van der Waals surface area contributed by atoms with E-state index in [4.69, 9.17) is 9.47 Å². The maximum atomic E-state index is 6.27. The van der Waals surface area contributed by atoms with E-state index in [1.165, 1.54) is 12.0 Å². The smallest absolute Gasteiger partial charge is 0.123 e. The van der Waals surface area contributed by atoms with Crippen LogP contribution in [0, 0.1) is 0 Å². The third-order valence-corrected chi connectivity index (χ3v) is 3.90. The van der Waals surface area contributed by atoms with Gasteiger partial charge in [0.2, 0.25) is 0 Å². The summed E-state index contributed by atoms with van der Waals surface area (Å²) >= 11 is 0. The molecule has 106 valence electrons. The first-order valence-electron chi connectivity index (χ1n) is 7.29. The first-order chi connectivity index (χ1) is 9.00. The number of methoxy groups -OCH3 is 1. The molecule has 1 saturated carbocycles. The Labute approximate surface area is 117 Å². The van der Waals surface area contributed by atoms with Crippen molar-refractivity contribution in [2.24, 2.45) is 0 Å². The van der Waals surface area contributed by atoms with Crippen molar-refractivity contribution in [3.8, 4) is 5.75 Å². The summed E-state index contributed by atoms with van der Waals surface area (Å²) in [6.07, 6.45) is 5.16. The molecular formula is C17H26O2. The molecule has 0 aliphatic heterocycles. The molecule has 2 heteroatoms. The highest BCUT2D eigenvalue weighted by molar-refractivity contribution is 5.38. The third kappa shape index (κ3) is 3.73. The molecular weight excluding hydrogens is 236 g/mol. The van der Waals surface area contributed by atoms with E-state index in [-0.39, 0.29) is 5.41 Å². The van der Waals surface area contributed by atoms with Gasteiger partial charge in [-0.15, -0.1) is 0 Å². The lowest BCUT2D eigenvalue weighted by atomic mass is 9.86. The van der Waals surface area contributed by atoms with E-state index in [2.05, 4.69) is 45.0 Å². The Morgan fingerprint density at radius 2 is 1.74 bits per heavy atom. The van der Waals surface area contributed by atoms with Gasteiger partial charge in [-0.25, -0.2) is 0 Å². The first-order valence-corrected chi connectivity index (χ1v) is 7.29. The van der Waals surface area contributed by atoms with Crippen LogP contribution >= 0.6 is 0 Å². The van der Waals surface area contributed by atoms with Gasteiger partial charge in [0.25, 0.3) is 0 Å². The summed E-state index contributed by atoms with van der Waals surface area (Å²) in [5, 5.41) is 0. The van der Waals surface area contributed by atoms with Crippen LogP contribution in [-0.4, -0.2) is 19.3 Å². The SMILES string of the molecule is COC1CCCC(Oc2ccccc2C(C)(C)C)C1. The van der Waals surface area contributed by atoms with Crippen LogP contribution < -0.4 is 4.74 Å². The van der Waals surface area contributed by atoms with Crippen molar-refractivity contribution in [3.05, 3.63) is 29.8 Å². The average Bonchev–Trinajstić information content (AvgIpc) is 2.38. The van der Waals surface area contributed by atoms with Gasteiger partial charge in [0.15, 0.2) is 0 Å². The Morgan fingerprint density at radius 3 is 2.42 bits per heavy atom. The zero-order valence-electron chi connectivity index (χ0n) is 12.6. The highest BCUT2D eigenvalue weighted by atomic mass is 16.5. The van der Waals surface area contributed by atoms with E-state index in [9.17, 15) is 0 Å². The normalized spacial score (nSPS) is 24.2. The molecule has 0 saturated heterocycles. The maximum absolute atomic E-state index is 6.27. The minimum absolute atomic E-state index is 0.117. The molecule has 0 amide bonds. The molecule has 0 N–H and O–H groups in total. The monoisotopic (exact) mass is 262 g/mol. The van der Waals surface area contributed by atoms with Gasteiger partial charge in [0, 0.05) is 13.5 Å². The fourth-order valence-corrected chi connectivity index (χ4v) is 2.79. The fourth-order valence-electron chi connectivity index (χ4n) is 2.79. The van der Waals surface area contributed by atoms with E-state index in [1.54, 1.807) is 7.11 Å². The van der Waals surface area contributed by atoms with E-state index < -0.39 is 0 Å². The van der Waals surface area contributed by atoms with Crippen LogP contribution in [-0.2, 0) is 10.2 Å². The molecule has 2 atom stereocenters. The van der Waals surface area contributed by atoms with Gasteiger partial charge in [-0.1, -0.05) is 39.0 Å². The highest BCUT2D eigenvalue weighted by Gasteiger charge is 2.25. The van der Waals surface area contributed by atoms with Gasteiger partial charge >= 0.3 is 0 Å². The standard InChI is InChI=1S/C17H26O2/c1-17(2,3)15-10-5-6-11-16(15)19-14-9-7-8-13(12-14)18-4/h5-6,10-11,13-14H,7-9,12H2,1-4H3. The summed E-state index contributed by atoms with van der Waals surface area (Å²) in [5.41, 5.74) is 1.40. The van der Waals surface area contributed by atoms with Crippen LogP contribution in [0.4, 0.5) is 0 Å². The zero-order chi connectivity index (χ0) is 13.9. The Bertz CT molecular complexity index is 406. The molecule has 1 aromatic rings. The molecule has 2 unspecified atom stereocenters. The minimum Gasteiger partial charge on any atom is -0.490 e. The molecule has 2 rings (SSSR count). The molecule has 0 heterocycles. The topological polar surface area (TPSA) is 18.5 Å². The van der Waals surface area contributed by atoms with Crippen LogP contribution in [0.1, 0.15) is 52.0 Å². The number of benzene rings is 1. The van der Waals surface area contributed by atoms with Crippen molar-refractivity contribution < 1.29 is 9.47 Å². The zero-order valence-corrected chi connectivity index (χ0v) is 12.6. The maximum Gasteiger partial charge on any atom is 0.123 e. The van der Waals surface area contributed by atoms with Gasteiger partial charge in [-0.3, -0.25) is 0 Å². The summed E-state index contributed by atoms with van der Waals surface area (Å²) in [6.45, 7) is 6.69. The van der Waals surface area contributed by atoms with E-state index in [0.29, 0.717) is 12.2 Å². The third-order valence-electron chi connectivity index (χ3n) is 3.90.